The molecule has 4 N–H and O–H groups in total. The first kappa shape index (κ1) is 8.48. The highest BCUT2D eigenvalue weighted by Crippen LogP contribution is 2.07. The molecule has 0 atom stereocenters. The van der Waals surface area contributed by atoms with Crippen LogP contribution >= 0.6 is 0 Å². The Morgan fingerprint density at radius 1 is 0.786 bits per heavy atom. The minimum Gasteiger partial charge on any atom is -0.408 e. The summed E-state index contributed by atoms with van der Waals surface area (Å²) in [5.41, 5.74) is 10.5. The maximum Gasteiger partial charge on any atom is 0.312 e. The number of nitrogens with two attached hydrogens (primary N) is 2. The number of aromatic nitrogens is 4. The molecule has 14 heavy (non-hydrogen) atoms. The fraction of sp³-hybridized carbons (Fsp3) is 0.333. The van der Waals surface area contributed by atoms with Crippen molar-refractivity contribution in [3.8, 4) is 0 Å². The van der Waals surface area contributed by atoms with Crippen molar-refractivity contribution in [2.45, 2.75) is 12.8 Å². The third kappa shape index (κ3) is 1.79. The van der Waals surface area contributed by atoms with Gasteiger partial charge in [0.05, 0.1) is 0 Å². The number of hydrogen-bond acceptors (Lipinski definition) is 8. The van der Waals surface area contributed by atoms with Crippen LogP contribution in [0, 0.1) is 0 Å². The largest absolute Gasteiger partial charge is 0.408 e. The Labute approximate surface area is 78.3 Å². The summed E-state index contributed by atoms with van der Waals surface area (Å²) in [5, 5.41) is 14.4. The predicted octanol–water partition coefficient (Wildman–Crippen LogP) is -0.598. The van der Waals surface area contributed by atoms with Gasteiger partial charge in [-0.15, -0.1) is 10.2 Å². The summed E-state index contributed by atoms with van der Waals surface area (Å²) in [6.45, 7) is 0. The molecule has 0 radical (unpaired) electrons. The molecule has 8 heteroatoms. The fourth-order valence-electron chi connectivity index (χ4n) is 0.949. The number of nitrogens with zero attached hydrogens (tertiary/aromatic N) is 4. The van der Waals surface area contributed by atoms with Gasteiger partial charge in [0.15, 0.2) is 0 Å². The fourth-order valence-corrected chi connectivity index (χ4v) is 0.949. The van der Waals surface area contributed by atoms with Gasteiger partial charge < -0.3 is 20.3 Å². The molecule has 2 aromatic heterocycles. The van der Waals surface area contributed by atoms with E-state index in [1.165, 1.54) is 0 Å². The average molecular weight is 196 g/mol. The molecule has 0 aliphatic rings. The van der Waals surface area contributed by atoms with Gasteiger partial charge in [0.1, 0.15) is 0 Å². The Balaban J connectivity index is 1.94. The summed E-state index contributed by atoms with van der Waals surface area (Å²) < 4.78 is 9.89. The van der Waals surface area contributed by atoms with Crippen LogP contribution in [0.5, 0.6) is 0 Å². The first-order valence-corrected chi connectivity index (χ1v) is 3.90. The van der Waals surface area contributed by atoms with Gasteiger partial charge in [-0.3, -0.25) is 0 Å². The second kappa shape index (κ2) is 3.32. The zero-order valence-electron chi connectivity index (χ0n) is 7.17. The van der Waals surface area contributed by atoms with Crippen molar-refractivity contribution in [3.63, 3.8) is 0 Å². The minimum atomic E-state index is 0.0463. The lowest BCUT2D eigenvalue weighted by molar-refractivity contribution is 0.471. The number of rotatable bonds is 3. The van der Waals surface area contributed by atoms with E-state index in [0.29, 0.717) is 24.6 Å². The lowest BCUT2D eigenvalue weighted by Crippen LogP contribution is -1.91. The van der Waals surface area contributed by atoms with Crippen LogP contribution in [0.4, 0.5) is 12.0 Å². The molecule has 0 aliphatic heterocycles. The molecular weight excluding hydrogens is 188 g/mol. The van der Waals surface area contributed by atoms with Crippen molar-refractivity contribution < 1.29 is 8.83 Å². The Kier molecular flexibility index (Phi) is 2.01. The highest BCUT2D eigenvalue weighted by atomic mass is 16.4. The zero-order valence-corrected chi connectivity index (χ0v) is 7.17. The molecule has 0 fully saturated rings. The summed E-state index contributed by atoms with van der Waals surface area (Å²) in [5.74, 6) is 0.860. The second-order valence-corrected chi connectivity index (χ2v) is 2.57. The molecule has 74 valence electrons. The number of aryl methyl sites for hydroxylation is 2. The highest BCUT2D eigenvalue weighted by Gasteiger charge is 2.07. The Bertz CT molecular complexity index is 381. The Hall–Kier alpha value is -2.12. The second-order valence-electron chi connectivity index (χ2n) is 2.57. The van der Waals surface area contributed by atoms with Crippen molar-refractivity contribution in [1.82, 2.24) is 20.4 Å². The molecular formula is C6H8N6O2. The minimum absolute atomic E-state index is 0.0463. The zero-order chi connectivity index (χ0) is 9.97. The van der Waals surface area contributed by atoms with E-state index >= 15 is 0 Å². The van der Waals surface area contributed by atoms with Crippen molar-refractivity contribution in [3.05, 3.63) is 11.8 Å². The highest BCUT2D eigenvalue weighted by molar-refractivity contribution is 5.06. The van der Waals surface area contributed by atoms with Gasteiger partial charge in [0, 0.05) is 12.8 Å². The molecule has 0 aliphatic carbocycles. The van der Waals surface area contributed by atoms with Gasteiger partial charge in [-0.1, -0.05) is 10.2 Å². The molecule has 0 saturated carbocycles. The van der Waals surface area contributed by atoms with Crippen LogP contribution in [0.15, 0.2) is 8.83 Å². The van der Waals surface area contributed by atoms with Crippen molar-refractivity contribution in [2.75, 3.05) is 11.5 Å². The van der Waals surface area contributed by atoms with Gasteiger partial charge in [0.2, 0.25) is 11.8 Å². The number of nitrogen functional groups attached to an aromatic ring is 2. The van der Waals surface area contributed by atoms with Gasteiger partial charge in [0.25, 0.3) is 0 Å². The van der Waals surface area contributed by atoms with E-state index in [2.05, 4.69) is 20.4 Å². The summed E-state index contributed by atoms with van der Waals surface area (Å²) >= 11 is 0. The number of hydrogen-bond donors (Lipinski definition) is 2. The van der Waals surface area contributed by atoms with Gasteiger partial charge in [-0.2, -0.15) is 0 Å². The molecule has 0 spiro atoms. The van der Waals surface area contributed by atoms with Gasteiger partial charge >= 0.3 is 12.0 Å². The molecule has 8 nitrogen and oxygen atoms in total. The lowest BCUT2D eigenvalue weighted by atomic mass is 10.3. The van der Waals surface area contributed by atoms with E-state index < -0.39 is 0 Å². The smallest absolute Gasteiger partial charge is 0.312 e. The predicted molar refractivity (Wildman–Crippen MR) is 44.8 cm³/mol. The Morgan fingerprint density at radius 2 is 1.21 bits per heavy atom. The summed E-state index contributed by atoms with van der Waals surface area (Å²) in [6.07, 6.45) is 0.984. The average Bonchev–Trinajstić information content (AvgIpc) is 2.72. The maximum atomic E-state index is 5.24. The van der Waals surface area contributed by atoms with Crippen LogP contribution in [0.1, 0.15) is 11.8 Å². The lowest BCUT2D eigenvalue weighted by Gasteiger charge is -1.88. The van der Waals surface area contributed by atoms with Crippen LogP contribution in [0.25, 0.3) is 0 Å². The quantitative estimate of drug-likeness (QED) is 0.665. The van der Waals surface area contributed by atoms with Crippen LogP contribution < -0.4 is 11.5 Å². The third-order valence-electron chi connectivity index (χ3n) is 1.52. The summed E-state index contributed by atoms with van der Waals surface area (Å²) in [4.78, 5) is 0. The topological polar surface area (TPSA) is 130 Å². The maximum absolute atomic E-state index is 5.24. The van der Waals surface area contributed by atoms with E-state index in [1.54, 1.807) is 0 Å². The molecule has 0 amide bonds. The first-order valence-electron chi connectivity index (χ1n) is 3.90. The first-order chi connectivity index (χ1) is 6.74. The molecule has 2 heterocycles. The number of anilines is 2. The van der Waals surface area contributed by atoms with Crippen LogP contribution in [-0.2, 0) is 12.8 Å². The summed E-state index contributed by atoms with van der Waals surface area (Å²) in [6, 6.07) is 0.0927. The Morgan fingerprint density at radius 3 is 1.50 bits per heavy atom. The normalized spacial score (nSPS) is 10.6. The molecule has 0 unspecified atom stereocenters. The molecule has 0 aromatic carbocycles. The standard InChI is InChI=1S/C6H8N6O2/c7-5-11-9-3(13-5)1-2-4-10-12-6(8)14-4/h1-2H2,(H2,7,11)(H2,8,12). The molecule has 0 bridgehead atoms. The van der Waals surface area contributed by atoms with Gasteiger partial charge in [-0.25, -0.2) is 0 Å². The van der Waals surface area contributed by atoms with Crippen LogP contribution in [0.2, 0.25) is 0 Å². The third-order valence-corrected chi connectivity index (χ3v) is 1.52. The SMILES string of the molecule is Nc1nnc(CCc2nnc(N)o2)o1. The molecule has 2 rings (SSSR count). The molecule has 2 aromatic rings. The van der Waals surface area contributed by atoms with E-state index in [9.17, 15) is 0 Å². The van der Waals surface area contributed by atoms with E-state index in [0.717, 1.165) is 0 Å². The van der Waals surface area contributed by atoms with Crippen molar-refractivity contribution in [1.29, 1.82) is 0 Å². The van der Waals surface area contributed by atoms with Crippen molar-refractivity contribution in [2.24, 2.45) is 0 Å². The van der Waals surface area contributed by atoms with Gasteiger partial charge in [-0.05, 0) is 0 Å². The van der Waals surface area contributed by atoms with Crippen LogP contribution in [0.3, 0.4) is 0 Å². The molecule has 0 saturated heterocycles. The van der Waals surface area contributed by atoms with E-state index in [4.69, 9.17) is 20.3 Å². The van der Waals surface area contributed by atoms with Crippen molar-refractivity contribution >= 4 is 12.0 Å². The van der Waals surface area contributed by atoms with E-state index in [-0.39, 0.29) is 12.0 Å². The van der Waals surface area contributed by atoms with E-state index in [1.807, 2.05) is 0 Å². The van der Waals surface area contributed by atoms with Crippen LogP contribution in [-0.4, -0.2) is 20.4 Å². The monoisotopic (exact) mass is 196 g/mol. The summed E-state index contributed by atoms with van der Waals surface area (Å²) in [7, 11) is 0.